The van der Waals surface area contributed by atoms with E-state index in [1.807, 2.05) is 36.7 Å². The smallest absolute Gasteiger partial charge is 0.228 e. The molecule has 154 valence electrons. The summed E-state index contributed by atoms with van der Waals surface area (Å²) in [5.41, 5.74) is 3.62. The van der Waals surface area contributed by atoms with Crippen LogP contribution in [0.1, 0.15) is 30.8 Å². The summed E-state index contributed by atoms with van der Waals surface area (Å²) in [6.07, 6.45) is 0.276. The van der Waals surface area contributed by atoms with E-state index in [1.54, 1.807) is 11.7 Å². The Morgan fingerprint density at radius 3 is 2.72 bits per heavy atom. The van der Waals surface area contributed by atoms with E-state index in [2.05, 4.69) is 55.7 Å². The number of anilines is 1. The number of nitrogens with one attached hydrogen (secondary N) is 1. The molecule has 0 aliphatic carbocycles. The molecule has 3 aromatic rings. The van der Waals surface area contributed by atoms with E-state index in [0.29, 0.717) is 16.8 Å². The summed E-state index contributed by atoms with van der Waals surface area (Å²) in [5, 5.41) is 19.8. The molecule has 2 aromatic heterocycles. The molecule has 1 amide bonds. The molecule has 29 heavy (non-hydrogen) atoms. The lowest BCUT2D eigenvalue weighted by molar-refractivity contribution is -0.115. The van der Waals surface area contributed by atoms with Gasteiger partial charge >= 0.3 is 0 Å². The molecule has 0 saturated heterocycles. The van der Waals surface area contributed by atoms with Crippen LogP contribution in [0.4, 0.5) is 5.69 Å². The van der Waals surface area contributed by atoms with E-state index in [1.165, 1.54) is 11.8 Å². The fraction of sp³-hybridized carbons (Fsp3) is 0.421. The molecule has 0 fully saturated rings. The summed E-state index contributed by atoms with van der Waals surface area (Å²) in [4.78, 5) is 13.7. The zero-order valence-corrected chi connectivity index (χ0v) is 19.5. The van der Waals surface area contributed by atoms with Gasteiger partial charge in [0.2, 0.25) is 11.1 Å². The van der Waals surface area contributed by atoms with Crippen molar-refractivity contribution in [3.63, 3.8) is 0 Å². The Balaban J connectivity index is 1.78. The summed E-state index contributed by atoms with van der Waals surface area (Å²) in [6, 6.07) is 5.73. The van der Waals surface area contributed by atoms with Crippen molar-refractivity contribution < 1.29 is 4.79 Å². The van der Waals surface area contributed by atoms with Crippen LogP contribution in [-0.4, -0.2) is 35.9 Å². The summed E-state index contributed by atoms with van der Waals surface area (Å²) < 4.78 is 4.46. The lowest BCUT2D eigenvalue weighted by Crippen LogP contribution is -2.16. The fourth-order valence-electron chi connectivity index (χ4n) is 2.96. The Morgan fingerprint density at radius 1 is 1.31 bits per heavy atom. The van der Waals surface area contributed by atoms with Crippen molar-refractivity contribution in [1.82, 2.24) is 30.0 Å². The number of hydrogen-bond acceptors (Lipinski definition) is 6. The van der Waals surface area contributed by atoms with Gasteiger partial charge in [0.1, 0.15) is 0 Å². The molecular formula is C19H24BrN7OS. The molecule has 1 N–H and O–H groups in total. The molecule has 2 heterocycles. The predicted octanol–water partition coefficient (Wildman–Crippen LogP) is 3.77. The quantitative estimate of drug-likeness (QED) is 0.556. The van der Waals surface area contributed by atoms with Gasteiger partial charge in [-0.05, 0) is 60.2 Å². The Morgan fingerprint density at radius 2 is 2.07 bits per heavy atom. The average molecular weight is 478 g/mol. The number of aromatic nitrogens is 6. The van der Waals surface area contributed by atoms with Crippen LogP contribution >= 0.6 is 27.7 Å². The Bertz CT molecular complexity index is 1030. The molecule has 0 radical (unpaired) electrons. The number of halogens is 1. The maximum Gasteiger partial charge on any atom is 0.228 e. The highest BCUT2D eigenvalue weighted by Gasteiger charge is 2.17. The number of carbonyl (C=O) groups is 1. The van der Waals surface area contributed by atoms with Gasteiger partial charge in [-0.25, -0.2) is 4.68 Å². The van der Waals surface area contributed by atoms with Crippen LogP contribution in [0.5, 0.6) is 0 Å². The van der Waals surface area contributed by atoms with Crippen LogP contribution in [0.15, 0.2) is 32.7 Å². The molecule has 1 aromatic carbocycles. The van der Waals surface area contributed by atoms with Gasteiger partial charge in [-0.1, -0.05) is 29.8 Å². The van der Waals surface area contributed by atoms with E-state index < -0.39 is 0 Å². The lowest BCUT2D eigenvalue weighted by Gasteiger charge is -2.11. The monoisotopic (exact) mass is 477 g/mol. The molecule has 0 bridgehead atoms. The second kappa shape index (κ2) is 9.08. The number of tetrazole rings is 1. The molecule has 0 aliphatic heterocycles. The summed E-state index contributed by atoms with van der Waals surface area (Å²) in [6.45, 7) is 9.12. The van der Waals surface area contributed by atoms with Gasteiger partial charge in [-0.3, -0.25) is 9.48 Å². The standard InChI is InChI=1S/C19H24BrN7OS/c1-11(2)10-27-13(4)15(12(3)23-27)9-18(28)21-16-8-14(20)6-7-17(16)29-19-22-24-25-26(19)5/h6-8,11H,9-10H2,1-5H3,(H,21,28). The molecule has 0 aliphatic rings. The average Bonchev–Trinajstić information content (AvgIpc) is 3.15. The van der Waals surface area contributed by atoms with Gasteiger partial charge in [0.25, 0.3) is 0 Å². The van der Waals surface area contributed by atoms with E-state index in [-0.39, 0.29) is 12.3 Å². The van der Waals surface area contributed by atoms with Crippen molar-refractivity contribution in [2.24, 2.45) is 13.0 Å². The van der Waals surface area contributed by atoms with Gasteiger partial charge in [0, 0.05) is 34.2 Å². The van der Waals surface area contributed by atoms with Crippen molar-refractivity contribution in [1.29, 1.82) is 0 Å². The van der Waals surface area contributed by atoms with Crippen molar-refractivity contribution in [3.8, 4) is 0 Å². The van der Waals surface area contributed by atoms with Crippen LogP contribution in [0.25, 0.3) is 0 Å². The second-order valence-electron chi connectivity index (χ2n) is 7.28. The molecule has 8 nitrogen and oxygen atoms in total. The third-order valence-electron chi connectivity index (χ3n) is 4.40. The van der Waals surface area contributed by atoms with E-state index in [9.17, 15) is 4.79 Å². The van der Waals surface area contributed by atoms with Crippen LogP contribution in [-0.2, 0) is 24.8 Å². The lowest BCUT2D eigenvalue weighted by atomic mass is 10.1. The van der Waals surface area contributed by atoms with E-state index in [4.69, 9.17) is 0 Å². The Labute approximate surface area is 182 Å². The number of aryl methyl sites for hydroxylation is 2. The van der Waals surface area contributed by atoms with Crippen LogP contribution in [0.3, 0.4) is 0 Å². The first-order chi connectivity index (χ1) is 13.7. The number of benzene rings is 1. The molecule has 0 saturated carbocycles. The van der Waals surface area contributed by atoms with Crippen LogP contribution in [0.2, 0.25) is 0 Å². The third-order valence-corrected chi connectivity index (χ3v) is 6.00. The minimum atomic E-state index is -0.0867. The minimum absolute atomic E-state index is 0.0867. The number of carbonyl (C=O) groups excluding carboxylic acids is 1. The van der Waals surface area contributed by atoms with Crippen molar-refractivity contribution in [3.05, 3.63) is 39.6 Å². The number of hydrogen-bond donors (Lipinski definition) is 1. The zero-order valence-electron chi connectivity index (χ0n) is 17.1. The largest absolute Gasteiger partial charge is 0.325 e. The van der Waals surface area contributed by atoms with E-state index >= 15 is 0 Å². The van der Waals surface area contributed by atoms with Crippen molar-refractivity contribution in [2.45, 2.75) is 50.7 Å². The van der Waals surface area contributed by atoms with E-state index in [0.717, 1.165) is 32.9 Å². The van der Waals surface area contributed by atoms with Crippen molar-refractivity contribution in [2.75, 3.05) is 5.32 Å². The first kappa shape index (κ1) is 21.5. The molecule has 0 spiro atoms. The summed E-state index contributed by atoms with van der Waals surface area (Å²) in [5.74, 6) is 0.405. The first-order valence-electron chi connectivity index (χ1n) is 9.27. The highest BCUT2D eigenvalue weighted by molar-refractivity contribution is 9.10. The zero-order chi connectivity index (χ0) is 21.1. The van der Waals surface area contributed by atoms with Crippen molar-refractivity contribution >= 4 is 39.3 Å². The molecule has 3 rings (SSSR count). The number of nitrogens with zero attached hydrogens (tertiary/aromatic N) is 6. The van der Waals surface area contributed by atoms with Gasteiger partial charge in [-0.2, -0.15) is 5.10 Å². The normalized spacial score (nSPS) is 11.3. The minimum Gasteiger partial charge on any atom is -0.325 e. The van der Waals surface area contributed by atoms with Crippen LogP contribution < -0.4 is 5.32 Å². The summed E-state index contributed by atoms with van der Waals surface area (Å²) >= 11 is 4.87. The number of rotatable bonds is 7. The predicted molar refractivity (Wildman–Crippen MR) is 116 cm³/mol. The molecular weight excluding hydrogens is 454 g/mol. The van der Waals surface area contributed by atoms with Gasteiger partial charge in [0.05, 0.1) is 17.8 Å². The SMILES string of the molecule is Cc1nn(CC(C)C)c(C)c1CC(=O)Nc1cc(Br)ccc1Sc1nnnn1C. The van der Waals surface area contributed by atoms with Gasteiger partial charge < -0.3 is 5.32 Å². The second-order valence-corrected chi connectivity index (χ2v) is 9.20. The maximum absolute atomic E-state index is 12.8. The molecule has 0 atom stereocenters. The maximum atomic E-state index is 12.8. The highest BCUT2D eigenvalue weighted by atomic mass is 79.9. The van der Waals surface area contributed by atoms with Crippen LogP contribution in [0, 0.1) is 19.8 Å². The number of amides is 1. The molecule has 0 unspecified atom stereocenters. The first-order valence-corrected chi connectivity index (χ1v) is 10.9. The topological polar surface area (TPSA) is 90.5 Å². The Kier molecular flexibility index (Phi) is 6.74. The summed E-state index contributed by atoms with van der Waals surface area (Å²) in [7, 11) is 1.78. The fourth-order valence-corrected chi connectivity index (χ4v) is 4.12. The third kappa shape index (κ3) is 5.24. The van der Waals surface area contributed by atoms with Gasteiger partial charge in [-0.15, -0.1) is 5.10 Å². The highest BCUT2D eigenvalue weighted by Crippen LogP contribution is 2.34. The Hall–Kier alpha value is -2.20. The molecule has 10 heteroatoms. The van der Waals surface area contributed by atoms with Gasteiger partial charge in [0.15, 0.2) is 0 Å².